The summed E-state index contributed by atoms with van der Waals surface area (Å²) in [6, 6.07) is 2.85. The highest BCUT2D eigenvalue weighted by Gasteiger charge is 2.28. The fraction of sp³-hybridized carbons (Fsp3) is 0.250. The summed E-state index contributed by atoms with van der Waals surface area (Å²) in [4.78, 5) is 23.5. The number of benzene rings is 1. The molecule has 3 N–H and O–H groups in total. The zero-order valence-corrected chi connectivity index (χ0v) is 13.4. The average molecular weight is 360 g/mol. The first-order valence-corrected chi connectivity index (χ1v) is 7.93. The number of H-pyrrole nitrogens is 1. The summed E-state index contributed by atoms with van der Waals surface area (Å²) < 4.78 is 32.4. The van der Waals surface area contributed by atoms with Crippen LogP contribution in [0.5, 0.6) is 0 Å². The van der Waals surface area contributed by atoms with Gasteiger partial charge in [-0.15, -0.1) is 0 Å². The van der Waals surface area contributed by atoms with Gasteiger partial charge in [0.2, 0.25) is 5.91 Å². The van der Waals surface area contributed by atoms with Crippen molar-refractivity contribution in [3.05, 3.63) is 53.4 Å². The Morgan fingerprint density at radius 2 is 2.15 bits per heavy atom. The Balaban J connectivity index is 1.45. The molecule has 0 unspecified atom stereocenters. The molecule has 0 saturated carbocycles. The van der Waals surface area contributed by atoms with Crippen LogP contribution in [0.25, 0.3) is 11.5 Å². The number of carbonyl (C=O) groups is 1. The van der Waals surface area contributed by atoms with Crippen molar-refractivity contribution in [2.24, 2.45) is 0 Å². The van der Waals surface area contributed by atoms with Crippen LogP contribution < -0.4 is 10.6 Å². The third-order valence-electron chi connectivity index (χ3n) is 4.08. The van der Waals surface area contributed by atoms with Crippen molar-refractivity contribution in [1.29, 1.82) is 0 Å². The highest BCUT2D eigenvalue weighted by molar-refractivity contribution is 5.83. The van der Waals surface area contributed by atoms with E-state index >= 15 is 0 Å². The van der Waals surface area contributed by atoms with Gasteiger partial charge < -0.3 is 20.1 Å². The minimum Gasteiger partial charge on any atom is -0.348 e. The fourth-order valence-electron chi connectivity index (χ4n) is 2.83. The van der Waals surface area contributed by atoms with Gasteiger partial charge in [-0.05, 0) is 12.1 Å². The van der Waals surface area contributed by atoms with Crippen LogP contribution in [-0.2, 0) is 17.8 Å². The molecule has 0 bridgehead atoms. The highest BCUT2D eigenvalue weighted by Crippen LogP contribution is 2.24. The monoisotopic (exact) mass is 360 g/mol. The lowest BCUT2D eigenvalue weighted by Crippen LogP contribution is -2.41. The average Bonchev–Trinajstić information content (AvgIpc) is 3.28. The maximum atomic E-state index is 13.8. The van der Waals surface area contributed by atoms with Gasteiger partial charge in [-0.2, -0.15) is 4.98 Å². The molecule has 1 amide bonds. The van der Waals surface area contributed by atoms with E-state index in [1.165, 1.54) is 6.07 Å². The Morgan fingerprint density at radius 3 is 2.96 bits per heavy atom. The Labute approximate surface area is 146 Å². The van der Waals surface area contributed by atoms with Crippen LogP contribution >= 0.6 is 0 Å². The SMILES string of the molecule is O=C(NCc1noc(-c2c(F)cccc2F)n1)[C@@H]1NCCc2[nH]cnc21. The number of fused-ring (bicyclic) bond motifs is 1. The number of nitrogens with one attached hydrogen (secondary N) is 3. The quantitative estimate of drug-likeness (QED) is 0.646. The molecule has 1 atom stereocenters. The van der Waals surface area contributed by atoms with Crippen LogP contribution in [0, 0.1) is 11.6 Å². The van der Waals surface area contributed by atoms with Crippen LogP contribution in [0.3, 0.4) is 0 Å². The van der Waals surface area contributed by atoms with Crippen molar-refractivity contribution in [2.45, 2.75) is 19.0 Å². The summed E-state index contributed by atoms with van der Waals surface area (Å²) >= 11 is 0. The topological polar surface area (TPSA) is 109 Å². The summed E-state index contributed by atoms with van der Waals surface area (Å²) in [6.07, 6.45) is 2.31. The number of aromatic nitrogens is 4. The molecule has 8 nitrogen and oxygen atoms in total. The Kier molecular flexibility index (Phi) is 4.17. The molecule has 26 heavy (non-hydrogen) atoms. The van der Waals surface area contributed by atoms with Gasteiger partial charge in [-0.1, -0.05) is 11.2 Å². The van der Waals surface area contributed by atoms with E-state index in [2.05, 4.69) is 30.7 Å². The summed E-state index contributed by atoms with van der Waals surface area (Å²) in [7, 11) is 0. The van der Waals surface area contributed by atoms with Gasteiger partial charge in [0.25, 0.3) is 5.89 Å². The van der Waals surface area contributed by atoms with E-state index in [4.69, 9.17) is 4.52 Å². The number of nitrogens with zero attached hydrogens (tertiary/aromatic N) is 3. The van der Waals surface area contributed by atoms with Gasteiger partial charge in [0.1, 0.15) is 23.2 Å². The summed E-state index contributed by atoms with van der Waals surface area (Å²) in [5.74, 6) is -2.09. The van der Waals surface area contributed by atoms with Gasteiger partial charge in [0.05, 0.1) is 18.6 Å². The van der Waals surface area contributed by atoms with E-state index < -0.39 is 23.2 Å². The van der Waals surface area contributed by atoms with Crippen LogP contribution in [-0.4, -0.2) is 32.6 Å². The van der Waals surface area contributed by atoms with Crippen molar-refractivity contribution in [1.82, 2.24) is 30.7 Å². The lowest BCUT2D eigenvalue weighted by atomic mass is 10.1. The second kappa shape index (κ2) is 6.64. The van der Waals surface area contributed by atoms with Crippen LogP contribution in [0.15, 0.2) is 29.0 Å². The maximum absolute atomic E-state index is 13.8. The standard InChI is InChI=1S/C16H14F2N6O2/c17-8-2-1-3-9(18)12(8)16-23-11(24-26-16)6-20-15(25)14-13-10(4-5-19-14)21-7-22-13/h1-3,7,14,19H,4-6H2,(H,20,25)(H,21,22)/t14-/m1/s1. The minimum atomic E-state index is -0.804. The van der Waals surface area contributed by atoms with Crippen LogP contribution in [0.4, 0.5) is 8.78 Å². The largest absolute Gasteiger partial charge is 0.348 e. The Morgan fingerprint density at radius 1 is 1.35 bits per heavy atom. The molecule has 2 aromatic heterocycles. The predicted molar refractivity (Wildman–Crippen MR) is 84.5 cm³/mol. The fourth-order valence-corrected chi connectivity index (χ4v) is 2.83. The predicted octanol–water partition coefficient (Wildman–Crippen LogP) is 1.24. The smallest absolute Gasteiger partial charge is 0.263 e. The highest BCUT2D eigenvalue weighted by atomic mass is 19.1. The minimum absolute atomic E-state index is 0.0453. The molecule has 0 radical (unpaired) electrons. The summed E-state index contributed by atoms with van der Waals surface area (Å²) in [5.41, 5.74) is 1.17. The number of hydrogen-bond donors (Lipinski definition) is 3. The Hall–Kier alpha value is -3.14. The van der Waals surface area contributed by atoms with E-state index in [0.717, 1.165) is 24.2 Å². The van der Waals surface area contributed by atoms with Crippen molar-refractivity contribution in [3.8, 4) is 11.5 Å². The first-order chi connectivity index (χ1) is 12.6. The second-order valence-corrected chi connectivity index (χ2v) is 5.73. The summed E-state index contributed by atoms with van der Waals surface area (Å²) in [5, 5.41) is 9.40. The maximum Gasteiger partial charge on any atom is 0.263 e. The molecule has 0 saturated heterocycles. The number of hydrogen-bond acceptors (Lipinski definition) is 6. The van der Waals surface area contributed by atoms with Gasteiger partial charge >= 0.3 is 0 Å². The van der Waals surface area contributed by atoms with Crippen molar-refractivity contribution in [2.75, 3.05) is 6.54 Å². The zero-order valence-electron chi connectivity index (χ0n) is 13.4. The number of amides is 1. The normalized spacial score (nSPS) is 16.3. The number of carbonyl (C=O) groups excluding carboxylic acids is 1. The van der Waals surface area contributed by atoms with E-state index in [-0.39, 0.29) is 24.2 Å². The number of imidazole rings is 1. The van der Waals surface area contributed by atoms with Gasteiger partial charge in [0.15, 0.2) is 5.82 Å². The molecule has 1 aliphatic heterocycles. The van der Waals surface area contributed by atoms with Crippen molar-refractivity contribution in [3.63, 3.8) is 0 Å². The molecule has 3 heterocycles. The molecule has 1 aliphatic rings. The lowest BCUT2D eigenvalue weighted by Gasteiger charge is -2.21. The van der Waals surface area contributed by atoms with Crippen molar-refractivity contribution < 1.29 is 18.1 Å². The van der Waals surface area contributed by atoms with Gasteiger partial charge in [0, 0.05) is 18.7 Å². The lowest BCUT2D eigenvalue weighted by molar-refractivity contribution is -0.123. The molecular weight excluding hydrogens is 346 g/mol. The molecule has 1 aromatic carbocycles. The van der Waals surface area contributed by atoms with E-state index in [1.807, 2.05) is 0 Å². The van der Waals surface area contributed by atoms with E-state index in [0.29, 0.717) is 12.2 Å². The number of rotatable bonds is 4. The van der Waals surface area contributed by atoms with Crippen LogP contribution in [0.2, 0.25) is 0 Å². The van der Waals surface area contributed by atoms with Crippen molar-refractivity contribution >= 4 is 5.91 Å². The molecule has 0 fully saturated rings. The van der Waals surface area contributed by atoms with Gasteiger partial charge in [-0.25, -0.2) is 13.8 Å². The number of halogens is 2. The molecule has 3 aromatic rings. The first kappa shape index (κ1) is 16.3. The third kappa shape index (κ3) is 2.94. The molecular formula is C16H14F2N6O2. The molecule has 0 spiro atoms. The summed E-state index contributed by atoms with van der Waals surface area (Å²) in [6.45, 7) is 0.600. The molecule has 134 valence electrons. The number of aromatic amines is 1. The van der Waals surface area contributed by atoms with Crippen LogP contribution in [0.1, 0.15) is 23.3 Å². The van der Waals surface area contributed by atoms with E-state index in [1.54, 1.807) is 6.33 Å². The molecule has 10 heteroatoms. The van der Waals surface area contributed by atoms with E-state index in [9.17, 15) is 13.6 Å². The molecule has 0 aliphatic carbocycles. The van der Waals surface area contributed by atoms with Gasteiger partial charge in [-0.3, -0.25) is 4.79 Å². The second-order valence-electron chi connectivity index (χ2n) is 5.73. The third-order valence-corrected chi connectivity index (χ3v) is 4.08. The Bertz CT molecular complexity index is 934. The molecule has 4 rings (SSSR count). The zero-order chi connectivity index (χ0) is 18.1. The first-order valence-electron chi connectivity index (χ1n) is 7.93.